The lowest BCUT2D eigenvalue weighted by Gasteiger charge is -2.22. The van der Waals surface area contributed by atoms with E-state index in [1.54, 1.807) is 7.11 Å². The maximum atomic E-state index is 5.63. The number of nitrogens with one attached hydrogen (secondary N) is 1. The highest BCUT2D eigenvalue weighted by molar-refractivity contribution is 5.80. The molecular weight excluding hydrogens is 314 g/mol. The van der Waals surface area contributed by atoms with Crippen LogP contribution in [0.1, 0.15) is 38.7 Å². The third-order valence-electron chi connectivity index (χ3n) is 4.36. The number of guanidine groups is 1. The van der Waals surface area contributed by atoms with Gasteiger partial charge in [0.05, 0.1) is 20.3 Å². The number of hydrogen-bond acceptors (Lipinski definition) is 3. The fraction of sp³-hybridized carbons (Fsp3) is 0.650. The summed E-state index contributed by atoms with van der Waals surface area (Å²) < 4.78 is 10.9. The van der Waals surface area contributed by atoms with Crippen LogP contribution in [0, 0.1) is 5.92 Å². The molecule has 1 fully saturated rings. The molecule has 1 aromatic carbocycles. The summed E-state index contributed by atoms with van der Waals surface area (Å²) in [7, 11) is 1.70. The lowest BCUT2D eigenvalue weighted by atomic mass is 9.98. The predicted octanol–water partition coefficient (Wildman–Crippen LogP) is 3.12. The summed E-state index contributed by atoms with van der Waals surface area (Å²) in [6.45, 7) is 11.6. The molecule has 0 radical (unpaired) electrons. The van der Waals surface area contributed by atoms with E-state index >= 15 is 0 Å². The number of likely N-dealkylation sites (tertiary alicyclic amines) is 1. The van der Waals surface area contributed by atoms with Crippen molar-refractivity contribution in [2.24, 2.45) is 10.9 Å². The molecule has 0 aliphatic carbocycles. The summed E-state index contributed by atoms with van der Waals surface area (Å²) in [6.07, 6.45) is 1.15. The highest BCUT2D eigenvalue weighted by Gasteiger charge is 2.26. The number of hydrogen-bond donors (Lipinski definition) is 1. The zero-order valence-electron chi connectivity index (χ0n) is 16.1. The van der Waals surface area contributed by atoms with Gasteiger partial charge in [0.15, 0.2) is 5.96 Å². The summed E-state index contributed by atoms with van der Waals surface area (Å²) in [4.78, 5) is 7.10. The van der Waals surface area contributed by atoms with Gasteiger partial charge in [0.2, 0.25) is 0 Å². The van der Waals surface area contributed by atoms with Crippen molar-refractivity contribution < 1.29 is 9.47 Å². The van der Waals surface area contributed by atoms with Crippen molar-refractivity contribution in [2.45, 2.75) is 33.1 Å². The molecule has 5 nitrogen and oxygen atoms in total. The average molecular weight is 348 g/mol. The van der Waals surface area contributed by atoms with Crippen molar-refractivity contribution >= 4 is 5.96 Å². The Balaban J connectivity index is 1.88. The van der Waals surface area contributed by atoms with Gasteiger partial charge in [-0.1, -0.05) is 26.0 Å². The minimum Gasteiger partial charge on any atom is -0.497 e. The lowest BCUT2D eigenvalue weighted by Crippen LogP contribution is -2.40. The molecular formula is C20H33N3O2. The van der Waals surface area contributed by atoms with Crippen molar-refractivity contribution in [1.82, 2.24) is 10.2 Å². The molecule has 0 bridgehead atoms. The highest BCUT2D eigenvalue weighted by Crippen LogP contribution is 2.28. The summed E-state index contributed by atoms with van der Waals surface area (Å²) >= 11 is 0. The van der Waals surface area contributed by atoms with Crippen molar-refractivity contribution in [2.75, 3.05) is 46.5 Å². The van der Waals surface area contributed by atoms with Crippen molar-refractivity contribution in [3.63, 3.8) is 0 Å². The summed E-state index contributed by atoms with van der Waals surface area (Å²) in [5.41, 5.74) is 1.37. The van der Waals surface area contributed by atoms with Gasteiger partial charge in [-0.05, 0) is 37.0 Å². The van der Waals surface area contributed by atoms with Gasteiger partial charge >= 0.3 is 0 Å². The van der Waals surface area contributed by atoms with E-state index in [9.17, 15) is 0 Å². The van der Waals surface area contributed by atoms with E-state index < -0.39 is 0 Å². The van der Waals surface area contributed by atoms with Crippen LogP contribution in [0.15, 0.2) is 29.3 Å². The van der Waals surface area contributed by atoms with Gasteiger partial charge in [-0.25, -0.2) is 0 Å². The first-order valence-corrected chi connectivity index (χ1v) is 9.39. The first-order chi connectivity index (χ1) is 12.1. The van der Waals surface area contributed by atoms with E-state index in [0.29, 0.717) is 25.0 Å². The minimum atomic E-state index is 0.548. The Morgan fingerprint density at radius 1 is 1.32 bits per heavy atom. The van der Waals surface area contributed by atoms with Gasteiger partial charge in [0.1, 0.15) is 5.75 Å². The minimum absolute atomic E-state index is 0.548. The van der Waals surface area contributed by atoms with Gasteiger partial charge < -0.3 is 19.7 Å². The Kier molecular flexibility index (Phi) is 8.06. The monoisotopic (exact) mass is 347 g/mol. The maximum Gasteiger partial charge on any atom is 0.194 e. The number of rotatable bonds is 8. The number of ether oxygens (including phenoxy) is 2. The normalized spacial score (nSPS) is 18.0. The molecule has 0 aromatic heterocycles. The van der Waals surface area contributed by atoms with E-state index in [0.717, 1.165) is 44.4 Å². The van der Waals surface area contributed by atoms with Crippen LogP contribution in [-0.2, 0) is 4.74 Å². The Bertz CT molecular complexity index is 528. The van der Waals surface area contributed by atoms with E-state index in [2.05, 4.69) is 43.1 Å². The highest BCUT2D eigenvalue weighted by atomic mass is 16.5. The predicted molar refractivity (Wildman–Crippen MR) is 104 cm³/mol. The second-order valence-corrected chi connectivity index (χ2v) is 6.91. The molecule has 1 saturated heterocycles. The van der Waals surface area contributed by atoms with E-state index in [4.69, 9.17) is 14.5 Å². The van der Waals surface area contributed by atoms with Crippen LogP contribution >= 0.6 is 0 Å². The molecule has 140 valence electrons. The number of methoxy groups -OCH3 is 1. The molecule has 5 heteroatoms. The van der Waals surface area contributed by atoms with Gasteiger partial charge in [0.25, 0.3) is 0 Å². The van der Waals surface area contributed by atoms with Crippen LogP contribution in [0.5, 0.6) is 5.75 Å². The molecule has 2 rings (SSSR count). The molecule has 1 heterocycles. The first kappa shape index (κ1) is 19.6. The molecule has 1 aliphatic rings. The number of nitrogens with zero attached hydrogens (tertiary/aromatic N) is 2. The second-order valence-electron chi connectivity index (χ2n) is 6.91. The van der Waals surface area contributed by atoms with Crippen molar-refractivity contribution in [3.05, 3.63) is 29.8 Å². The Hall–Kier alpha value is -1.75. The molecule has 1 atom stereocenters. The molecule has 1 unspecified atom stereocenters. The Morgan fingerprint density at radius 3 is 2.72 bits per heavy atom. The fourth-order valence-electron chi connectivity index (χ4n) is 3.06. The second kappa shape index (κ2) is 10.3. The smallest absolute Gasteiger partial charge is 0.194 e. The fourth-order valence-corrected chi connectivity index (χ4v) is 3.06. The largest absolute Gasteiger partial charge is 0.497 e. The van der Waals surface area contributed by atoms with Crippen LogP contribution in [0.2, 0.25) is 0 Å². The summed E-state index contributed by atoms with van der Waals surface area (Å²) in [5, 5.41) is 3.41. The standard InChI is InChI=1S/C20H33N3O2/c1-5-21-20(22-11-13-25-15-16(2)3)23-12-10-18(14-23)17-6-8-19(24-4)9-7-17/h6-9,16,18H,5,10-15H2,1-4H3,(H,21,22). The van der Waals surface area contributed by atoms with Gasteiger partial charge in [-0.3, -0.25) is 4.99 Å². The number of benzene rings is 1. The summed E-state index contributed by atoms with van der Waals surface area (Å²) in [5.74, 6) is 3.04. The molecule has 0 spiro atoms. The van der Waals surface area contributed by atoms with Crippen molar-refractivity contribution in [1.29, 1.82) is 0 Å². The van der Waals surface area contributed by atoms with Gasteiger partial charge in [-0.2, -0.15) is 0 Å². The number of aliphatic imine (C=N–C) groups is 1. The molecule has 0 amide bonds. The zero-order valence-corrected chi connectivity index (χ0v) is 16.1. The maximum absolute atomic E-state index is 5.63. The van der Waals surface area contributed by atoms with Gasteiger partial charge in [-0.15, -0.1) is 0 Å². The Morgan fingerprint density at radius 2 is 2.08 bits per heavy atom. The molecule has 1 aromatic rings. The summed E-state index contributed by atoms with van der Waals surface area (Å²) in [6, 6.07) is 8.44. The van der Waals surface area contributed by atoms with Crippen LogP contribution in [0.25, 0.3) is 0 Å². The first-order valence-electron chi connectivity index (χ1n) is 9.39. The molecule has 1 aliphatic heterocycles. The van der Waals surface area contributed by atoms with E-state index in [-0.39, 0.29) is 0 Å². The quantitative estimate of drug-likeness (QED) is 0.446. The third-order valence-corrected chi connectivity index (χ3v) is 4.36. The van der Waals surface area contributed by atoms with Crippen LogP contribution < -0.4 is 10.1 Å². The SMILES string of the molecule is CCNC(=NCCOCC(C)C)N1CCC(c2ccc(OC)cc2)C1. The third kappa shape index (κ3) is 6.24. The lowest BCUT2D eigenvalue weighted by molar-refractivity contribution is 0.116. The zero-order chi connectivity index (χ0) is 18.1. The molecule has 1 N–H and O–H groups in total. The van der Waals surface area contributed by atoms with Crippen molar-refractivity contribution in [3.8, 4) is 5.75 Å². The van der Waals surface area contributed by atoms with E-state index in [1.807, 2.05) is 12.1 Å². The average Bonchev–Trinajstić information content (AvgIpc) is 3.10. The van der Waals surface area contributed by atoms with Crippen LogP contribution in [0.4, 0.5) is 0 Å². The molecule has 0 saturated carbocycles. The topological polar surface area (TPSA) is 46.1 Å². The van der Waals surface area contributed by atoms with Crippen LogP contribution in [-0.4, -0.2) is 57.4 Å². The van der Waals surface area contributed by atoms with E-state index in [1.165, 1.54) is 5.56 Å². The Labute approximate surface area is 152 Å². The van der Waals surface area contributed by atoms with Crippen LogP contribution in [0.3, 0.4) is 0 Å². The molecule has 25 heavy (non-hydrogen) atoms. The van der Waals surface area contributed by atoms with Gasteiger partial charge in [0, 0.05) is 32.2 Å².